The molecule has 2 aromatic rings. The van der Waals surface area contributed by atoms with Crippen LogP contribution in [0.3, 0.4) is 0 Å². The fourth-order valence-electron chi connectivity index (χ4n) is 3.88. The molecular formula is C31H45ClN2O6S. The summed E-state index contributed by atoms with van der Waals surface area (Å²) in [6.45, 7) is 15.8. The Morgan fingerprint density at radius 1 is 1.00 bits per heavy atom. The van der Waals surface area contributed by atoms with Crippen molar-refractivity contribution in [2.24, 2.45) is 0 Å². The SMILES string of the molecule is CCOC(=CC(=O)OC)Nc1cc(S(=O)(=O)NCCCOc2ccc(C(C)(C)CC)cc2C(C)(C)CC)ccc1Cl. The maximum Gasteiger partial charge on any atom is 0.335 e. The van der Waals surface area contributed by atoms with Gasteiger partial charge in [0.05, 0.1) is 42.0 Å². The highest BCUT2D eigenvalue weighted by Gasteiger charge is 2.26. The summed E-state index contributed by atoms with van der Waals surface area (Å²) in [7, 11) is -2.59. The molecule has 8 nitrogen and oxygen atoms in total. The average molecular weight is 609 g/mol. The number of esters is 1. The van der Waals surface area contributed by atoms with Gasteiger partial charge in [-0.05, 0) is 66.8 Å². The van der Waals surface area contributed by atoms with Crippen LogP contribution in [0.5, 0.6) is 5.75 Å². The van der Waals surface area contributed by atoms with Crippen molar-refractivity contribution in [2.75, 3.05) is 32.2 Å². The second-order valence-corrected chi connectivity index (χ2v) is 13.2. The molecule has 10 heteroatoms. The van der Waals surface area contributed by atoms with E-state index in [4.69, 9.17) is 21.1 Å². The Hall–Kier alpha value is -2.75. The number of carbonyl (C=O) groups is 1. The van der Waals surface area contributed by atoms with Gasteiger partial charge in [0.25, 0.3) is 0 Å². The number of nitrogens with one attached hydrogen (secondary N) is 2. The van der Waals surface area contributed by atoms with Gasteiger partial charge in [0, 0.05) is 12.1 Å². The molecule has 2 rings (SSSR count). The van der Waals surface area contributed by atoms with Crippen molar-refractivity contribution in [1.82, 2.24) is 4.72 Å². The molecule has 0 aromatic heterocycles. The Morgan fingerprint density at radius 2 is 1.68 bits per heavy atom. The van der Waals surface area contributed by atoms with Crippen LogP contribution in [0.2, 0.25) is 5.02 Å². The normalized spacial score (nSPS) is 12.7. The molecule has 0 atom stereocenters. The maximum absolute atomic E-state index is 13.0. The second kappa shape index (κ2) is 14.9. The standard InChI is InChI=1S/C31H45ClN2O6S/c1-9-30(4,5)22-13-16-27(24(19-22)31(6,7)10-2)40-18-12-17-33-41(36,37)23-14-15-25(32)26(20-23)34-28(39-11-3)21-29(35)38-8/h13-16,19-21,33-34H,9-12,17-18H2,1-8H3. The van der Waals surface area contributed by atoms with E-state index >= 15 is 0 Å². The molecule has 41 heavy (non-hydrogen) atoms. The van der Waals surface area contributed by atoms with E-state index < -0.39 is 16.0 Å². The average Bonchev–Trinajstić information content (AvgIpc) is 2.93. The van der Waals surface area contributed by atoms with Crippen LogP contribution in [-0.2, 0) is 35.1 Å². The van der Waals surface area contributed by atoms with Gasteiger partial charge in [-0.15, -0.1) is 0 Å². The number of ether oxygens (including phenoxy) is 3. The highest BCUT2D eigenvalue weighted by Crippen LogP contribution is 2.38. The van der Waals surface area contributed by atoms with Gasteiger partial charge in [0.2, 0.25) is 10.0 Å². The lowest BCUT2D eigenvalue weighted by Gasteiger charge is -2.30. The number of halogens is 1. The number of benzene rings is 2. The minimum absolute atomic E-state index is 0.0142. The summed E-state index contributed by atoms with van der Waals surface area (Å²) in [4.78, 5) is 11.7. The van der Waals surface area contributed by atoms with Crippen LogP contribution in [0.1, 0.15) is 78.9 Å². The van der Waals surface area contributed by atoms with Gasteiger partial charge in [-0.1, -0.05) is 65.3 Å². The largest absolute Gasteiger partial charge is 0.493 e. The van der Waals surface area contributed by atoms with E-state index in [-0.39, 0.29) is 45.5 Å². The van der Waals surface area contributed by atoms with Gasteiger partial charge < -0.3 is 19.5 Å². The van der Waals surface area contributed by atoms with Gasteiger partial charge in [-0.2, -0.15) is 0 Å². The molecule has 0 bridgehead atoms. The fraction of sp³-hybridized carbons (Fsp3) is 0.516. The molecule has 228 valence electrons. The first-order valence-corrected chi connectivity index (χ1v) is 15.8. The lowest BCUT2D eigenvalue weighted by Crippen LogP contribution is -2.26. The minimum atomic E-state index is -3.84. The van der Waals surface area contributed by atoms with Gasteiger partial charge >= 0.3 is 5.97 Å². The highest BCUT2D eigenvalue weighted by atomic mass is 35.5. The number of anilines is 1. The van der Waals surface area contributed by atoms with Crippen molar-refractivity contribution in [3.05, 3.63) is 64.5 Å². The molecule has 0 aliphatic carbocycles. The number of methoxy groups -OCH3 is 1. The number of hydrogen-bond acceptors (Lipinski definition) is 7. The first-order valence-electron chi connectivity index (χ1n) is 14.0. The lowest BCUT2D eigenvalue weighted by molar-refractivity contribution is -0.135. The summed E-state index contributed by atoms with van der Waals surface area (Å²) in [5.41, 5.74) is 2.71. The van der Waals surface area contributed by atoms with Crippen LogP contribution in [-0.4, -0.2) is 41.3 Å². The molecule has 0 heterocycles. The van der Waals surface area contributed by atoms with Crippen LogP contribution in [0.4, 0.5) is 5.69 Å². The van der Waals surface area contributed by atoms with Crippen molar-refractivity contribution >= 4 is 33.3 Å². The Kier molecular flexibility index (Phi) is 12.5. The summed E-state index contributed by atoms with van der Waals surface area (Å²) >= 11 is 6.27. The smallest absolute Gasteiger partial charge is 0.335 e. The maximum atomic E-state index is 13.0. The molecular weight excluding hydrogens is 564 g/mol. The summed E-state index contributed by atoms with van der Waals surface area (Å²) in [6.07, 6.45) is 3.58. The fourth-order valence-corrected chi connectivity index (χ4v) is 5.14. The van der Waals surface area contributed by atoms with Gasteiger partial charge in [-0.25, -0.2) is 17.9 Å². The molecule has 2 aromatic carbocycles. The Balaban J connectivity index is 2.10. The molecule has 0 radical (unpaired) electrons. The van der Waals surface area contributed by atoms with Crippen LogP contribution in [0.25, 0.3) is 0 Å². The lowest BCUT2D eigenvalue weighted by atomic mass is 9.76. The van der Waals surface area contributed by atoms with Gasteiger partial charge in [-0.3, -0.25) is 0 Å². The third-order valence-electron chi connectivity index (χ3n) is 7.38. The zero-order chi connectivity index (χ0) is 30.8. The molecule has 0 aliphatic heterocycles. The van der Waals surface area contributed by atoms with Crippen LogP contribution in [0.15, 0.2) is 53.3 Å². The molecule has 2 N–H and O–H groups in total. The van der Waals surface area contributed by atoms with E-state index in [0.717, 1.165) is 30.2 Å². The number of rotatable bonds is 16. The van der Waals surface area contributed by atoms with Crippen LogP contribution >= 0.6 is 11.6 Å². The second-order valence-electron chi connectivity index (χ2n) is 11.0. The predicted octanol–water partition coefficient (Wildman–Crippen LogP) is 6.93. The number of sulfonamides is 1. The van der Waals surface area contributed by atoms with Gasteiger partial charge in [0.15, 0.2) is 5.88 Å². The molecule has 0 fully saturated rings. The zero-order valence-electron chi connectivity index (χ0n) is 25.5. The van der Waals surface area contributed by atoms with E-state index in [0.29, 0.717) is 13.0 Å². The Morgan fingerprint density at radius 3 is 2.29 bits per heavy atom. The first-order chi connectivity index (χ1) is 19.2. The molecule has 0 spiro atoms. The predicted molar refractivity (Wildman–Crippen MR) is 165 cm³/mol. The molecule has 0 saturated carbocycles. The number of hydrogen-bond donors (Lipinski definition) is 2. The summed E-state index contributed by atoms with van der Waals surface area (Å²) in [6, 6.07) is 10.7. The summed E-state index contributed by atoms with van der Waals surface area (Å²) < 4.78 is 44.8. The number of carbonyl (C=O) groups excluding carboxylic acids is 1. The van der Waals surface area contributed by atoms with E-state index in [1.165, 1.54) is 30.9 Å². The van der Waals surface area contributed by atoms with E-state index in [2.05, 4.69) is 68.5 Å². The third kappa shape index (κ3) is 9.65. The van der Waals surface area contributed by atoms with Crippen molar-refractivity contribution < 1.29 is 27.4 Å². The molecule has 0 saturated heterocycles. The Labute approximate surface area is 250 Å². The van der Waals surface area contributed by atoms with E-state index in [9.17, 15) is 13.2 Å². The third-order valence-corrected chi connectivity index (χ3v) is 9.17. The minimum Gasteiger partial charge on any atom is -0.493 e. The van der Waals surface area contributed by atoms with Crippen LogP contribution in [0, 0.1) is 0 Å². The highest BCUT2D eigenvalue weighted by molar-refractivity contribution is 7.89. The quantitative estimate of drug-likeness (QED) is 0.0922. The van der Waals surface area contributed by atoms with E-state index in [1.54, 1.807) is 6.92 Å². The van der Waals surface area contributed by atoms with Crippen LogP contribution < -0.4 is 14.8 Å². The monoisotopic (exact) mass is 608 g/mol. The summed E-state index contributed by atoms with van der Waals surface area (Å²) in [5.74, 6) is 0.280. The summed E-state index contributed by atoms with van der Waals surface area (Å²) in [5, 5.41) is 3.11. The Bertz CT molecular complexity index is 1320. The zero-order valence-corrected chi connectivity index (χ0v) is 27.1. The molecule has 0 amide bonds. The van der Waals surface area contributed by atoms with Crippen molar-refractivity contribution in [2.45, 2.75) is 83.5 Å². The van der Waals surface area contributed by atoms with Crippen molar-refractivity contribution in [3.63, 3.8) is 0 Å². The van der Waals surface area contributed by atoms with Crippen molar-refractivity contribution in [1.29, 1.82) is 0 Å². The van der Waals surface area contributed by atoms with Gasteiger partial charge in [0.1, 0.15) is 5.75 Å². The molecule has 0 aliphatic rings. The molecule has 0 unspecified atom stereocenters. The van der Waals surface area contributed by atoms with E-state index in [1.807, 2.05) is 6.07 Å². The van der Waals surface area contributed by atoms with Crippen molar-refractivity contribution in [3.8, 4) is 5.75 Å². The first kappa shape index (κ1) is 34.5. The topological polar surface area (TPSA) is 103 Å².